The van der Waals surface area contributed by atoms with E-state index in [9.17, 15) is 13.5 Å². The predicted molar refractivity (Wildman–Crippen MR) is 90.8 cm³/mol. The van der Waals surface area contributed by atoms with Crippen molar-refractivity contribution in [2.24, 2.45) is 5.14 Å². The van der Waals surface area contributed by atoms with E-state index >= 15 is 0 Å². The molecule has 7 nitrogen and oxygen atoms in total. The SMILES string of the molecule is NS(=O)(=O)c1ccc(NCc2cc(-c3ccccc3O)n[nH]2)cc1. The Morgan fingerprint density at radius 3 is 2.50 bits per heavy atom. The number of anilines is 1. The fraction of sp³-hybridized carbons (Fsp3) is 0.0625. The van der Waals surface area contributed by atoms with E-state index in [1.165, 1.54) is 12.1 Å². The van der Waals surface area contributed by atoms with E-state index < -0.39 is 10.0 Å². The van der Waals surface area contributed by atoms with Gasteiger partial charge >= 0.3 is 0 Å². The Morgan fingerprint density at radius 1 is 1.12 bits per heavy atom. The average Bonchev–Trinajstić information content (AvgIpc) is 3.02. The molecular weight excluding hydrogens is 328 g/mol. The Kier molecular flexibility index (Phi) is 4.24. The van der Waals surface area contributed by atoms with E-state index in [0.717, 1.165) is 11.4 Å². The van der Waals surface area contributed by atoms with Crippen LogP contribution in [0.25, 0.3) is 11.3 Å². The average molecular weight is 344 g/mol. The van der Waals surface area contributed by atoms with Gasteiger partial charge in [-0.3, -0.25) is 5.10 Å². The van der Waals surface area contributed by atoms with E-state index in [1.807, 2.05) is 12.1 Å². The lowest BCUT2D eigenvalue weighted by Gasteiger charge is -2.05. The molecule has 0 bridgehead atoms. The number of hydrogen-bond donors (Lipinski definition) is 4. The van der Waals surface area contributed by atoms with Crippen LogP contribution in [0.4, 0.5) is 5.69 Å². The lowest BCUT2D eigenvalue weighted by Crippen LogP contribution is -2.12. The second-order valence-corrected chi connectivity index (χ2v) is 6.78. The molecule has 0 aliphatic carbocycles. The molecule has 1 heterocycles. The molecule has 24 heavy (non-hydrogen) atoms. The molecule has 8 heteroatoms. The third-order valence-electron chi connectivity index (χ3n) is 3.48. The van der Waals surface area contributed by atoms with Gasteiger partial charge < -0.3 is 10.4 Å². The summed E-state index contributed by atoms with van der Waals surface area (Å²) in [5.41, 5.74) is 2.87. The van der Waals surface area contributed by atoms with Crippen LogP contribution in [0, 0.1) is 0 Å². The number of phenolic OH excluding ortho intramolecular Hbond substituents is 1. The van der Waals surface area contributed by atoms with Crippen molar-refractivity contribution in [2.45, 2.75) is 11.4 Å². The van der Waals surface area contributed by atoms with E-state index in [0.29, 0.717) is 17.8 Å². The van der Waals surface area contributed by atoms with Gasteiger partial charge in [0.15, 0.2) is 0 Å². The molecule has 2 aromatic carbocycles. The summed E-state index contributed by atoms with van der Waals surface area (Å²) in [6.07, 6.45) is 0. The number of sulfonamides is 1. The maximum absolute atomic E-state index is 11.2. The van der Waals surface area contributed by atoms with Crippen molar-refractivity contribution in [3.8, 4) is 17.0 Å². The van der Waals surface area contributed by atoms with Crippen LogP contribution in [-0.2, 0) is 16.6 Å². The summed E-state index contributed by atoms with van der Waals surface area (Å²) in [5, 5.41) is 25.1. The minimum Gasteiger partial charge on any atom is -0.507 e. The second-order valence-electron chi connectivity index (χ2n) is 5.22. The lowest BCUT2D eigenvalue weighted by atomic mass is 10.1. The Morgan fingerprint density at radius 2 is 1.83 bits per heavy atom. The van der Waals surface area contributed by atoms with Crippen LogP contribution in [-0.4, -0.2) is 23.7 Å². The summed E-state index contributed by atoms with van der Waals surface area (Å²) in [4.78, 5) is 0.0661. The number of aromatic amines is 1. The van der Waals surface area contributed by atoms with Crippen molar-refractivity contribution in [1.29, 1.82) is 0 Å². The third-order valence-corrected chi connectivity index (χ3v) is 4.41. The number of phenols is 1. The zero-order valence-corrected chi connectivity index (χ0v) is 13.4. The maximum atomic E-state index is 11.2. The highest BCUT2D eigenvalue weighted by atomic mass is 32.2. The number of hydrogen-bond acceptors (Lipinski definition) is 5. The van der Waals surface area contributed by atoms with Crippen molar-refractivity contribution in [2.75, 3.05) is 5.32 Å². The highest BCUT2D eigenvalue weighted by Crippen LogP contribution is 2.27. The Balaban J connectivity index is 1.69. The number of H-pyrrole nitrogens is 1. The van der Waals surface area contributed by atoms with Gasteiger partial charge in [-0.25, -0.2) is 13.6 Å². The molecule has 124 valence electrons. The van der Waals surface area contributed by atoms with Gasteiger partial charge in [0.2, 0.25) is 10.0 Å². The summed E-state index contributed by atoms with van der Waals surface area (Å²) in [7, 11) is -3.69. The molecule has 0 aliphatic heterocycles. The molecule has 5 N–H and O–H groups in total. The van der Waals surface area contributed by atoms with Gasteiger partial charge in [-0.1, -0.05) is 12.1 Å². The Hall–Kier alpha value is -2.84. The van der Waals surface area contributed by atoms with Gasteiger partial charge in [-0.05, 0) is 42.5 Å². The first-order valence-corrected chi connectivity index (χ1v) is 8.67. The van der Waals surface area contributed by atoms with Gasteiger partial charge in [-0.2, -0.15) is 5.10 Å². The van der Waals surface area contributed by atoms with Crippen LogP contribution in [0.3, 0.4) is 0 Å². The van der Waals surface area contributed by atoms with Gasteiger partial charge in [0.1, 0.15) is 5.75 Å². The molecule has 0 atom stereocenters. The first-order valence-electron chi connectivity index (χ1n) is 7.13. The minimum absolute atomic E-state index is 0.0661. The van der Waals surface area contributed by atoms with Crippen molar-refractivity contribution in [3.05, 3.63) is 60.3 Å². The van der Waals surface area contributed by atoms with Crippen LogP contribution in [0.15, 0.2) is 59.5 Å². The topological polar surface area (TPSA) is 121 Å². The summed E-state index contributed by atoms with van der Waals surface area (Å²) in [6.45, 7) is 0.468. The van der Waals surface area contributed by atoms with Crippen molar-refractivity contribution in [3.63, 3.8) is 0 Å². The first kappa shape index (κ1) is 16.0. The zero-order valence-electron chi connectivity index (χ0n) is 12.6. The van der Waals surface area contributed by atoms with E-state index in [-0.39, 0.29) is 10.6 Å². The molecule has 3 rings (SSSR count). The van der Waals surface area contributed by atoms with Crippen LogP contribution >= 0.6 is 0 Å². The van der Waals surface area contributed by atoms with Crippen LogP contribution < -0.4 is 10.5 Å². The summed E-state index contributed by atoms with van der Waals surface area (Å²) < 4.78 is 22.4. The van der Waals surface area contributed by atoms with Crippen molar-refractivity contribution in [1.82, 2.24) is 10.2 Å². The van der Waals surface area contributed by atoms with Gasteiger partial charge in [0, 0.05) is 11.3 Å². The Labute approximate surface area is 139 Å². The summed E-state index contributed by atoms with van der Waals surface area (Å²) >= 11 is 0. The molecular formula is C16H16N4O3S. The quantitative estimate of drug-likeness (QED) is 0.564. The number of nitrogens with zero attached hydrogens (tertiary/aromatic N) is 1. The molecule has 0 amide bonds. The number of primary sulfonamides is 1. The number of nitrogens with two attached hydrogens (primary N) is 1. The van der Waals surface area contributed by atoms with Crippen LogP contribution in [0.1, 0.15) is 5.69 Å². The largest absolute Gasteiger partial charge is 0.507 e. The maximum Gasteiger partial charge on any atom is 0.238 e. The van der Waals surface area contributed by atoms with Crippen LogP contribution in [0.2, 0.25) is 0 Å². The minimum atomic E-state index is -3.69. The lowest BCUT2D eigenvalue weighted by molar-refractivity contribution is 0.477. The second kappa shape index (κ2) is 6.34. The molecule has 0 unspecified atom stereocenters. The monoisotopic (exact) mass is 344 g/mol. The number of benzene rings is 2. The van der Waals surface area contributed by atoms with E-state index in [1.54, 1.807) is 30.3 Å². The molecule has 0 spiro atoms. The normalized spacial score (nSPS) is 11.4. The third kappa shape index (κ3) is 3.55. The van der Waals surface area contributed by atoms with Gasteiger partial charge in [0.25, 0.3) is 0 Å². The number of nitrogens with one attached hydrogen (secondary N) is 2. The van der Waals surface area contributed by atoms with Crippen molar-refractivity contribution >= 4 is 15.7 Å². The van der Waals surface area contributed by atoms with Crippen LogP contribution in [0.5, 0.6) is 5.75 Å². The zero-order chi connectivity index (χ0) is 17.2. The molecule has 0 saturated heterocycles. The number of aromatic nitrogens is 2. The summed E-state index contributed by atoms with van der Waals surface area (Å²) in [5.74, 6) is 0.169. The first-order chi connectivity index (χ1) is 11.4. The number of rotatable bonds is 5. The standard InChI is InChI=1S/C16H16N4O3S/c17-24(22,23)13-7-5-11(6-8-13)18-10-12-9-15(20-19-12)14-3-1-2-4-16(14)21/h1-9,18,21H,10H2,(H,19,20)(H2,17,22,23). The fourth-order valence-corrected chi connectivity index (χ4v) is 2.76. The highest BCUT2D eigenvalue weighted by Gasteiger charge is 2.09. The summed E-state index contributed by atoms with van der Waals surface area (Å²) in [6, 6.07) is 15.0. The molecule has 0 saturated carbocycles. The molecule has 3 aromatic rings. The number of aromatic hydroxyl groups is 1. The predicted octanol–water partition coefficient (Wildman–Crippen LogP) is 2.04. The van der Waals surface area contributed by atoms with Crippen molar-refractivity contribution < 1.29 is 13.5 Å². The molecule has 1 aromatic heterocycles. The van der Waals surface area contributed by atoms with Gasteiger partial charge in [-0.15, -0.1) is 0 Å². The molecule has 0 radical (unpaired) electrons. The smallest absolute Gasteiger partial charge is 0.238 e. The molecule has 0 fully saturated rings. The number of para-hydroxylation sites is 1. The van der Waals surface area contributed by atoms with E-state index in [2.05, 4.69) is 15.5 Å². The molecule has 0 aliphatic rings. The van der Waals surface area contributed by atoms with E-state index in [4.69, 9.17) is 5.14 Å². The van der Waals surface area contributed by atoms with Gasteiger partial charge in [0.05, 0.1) is 22.8 Å². The Bertz CT molecular complexity index is 949. The fourth-order valence-electron chi connectivity index (χ4n) is 2.24. The highest BCUT2D eigenvalue weighted by molar-refractivity contribution is 7.89.